The second-order valence-corrected chi connectivity index (χ2v) is 6.14. The van der Waals surface area contributed by atoms with E-state index in [0.29, 0.717) is 22.8 Å². The number of aromatic amines is 1. The molecule has 0 radical (unpaired) electrons. The fraction of sp³-hybridized carbons (Fsp3) is 0.333. The average Bonchev–Trinajstić information content (AvgIpc) is 2.75. The SMILES string of the molecule is Cc1ccc(NS(=O)(=O)c2c(CN)n[nH]c2C)c(C)n1. The number of nitrogens with two attached hydrogens (primary N) is 1. The minimum absolute atomic E-state index is 0.0473. The maximum atomic E-state index is 12.4. The van der Waals surface area contributed by atoms with Gasteiger partial charge in [0.1, 0.15) is 4.90 Å². The summed E-state index contributed by atoms with van der Waals surface area (Å²) in [6.45, 7) is 5.28. The van der Waals surface area contributed by atoms with E-state index in [4.69, 9.17) is 5.73 Å². The number of nitrogens with one attached hydrogen (secondary N) is 2. The number of nitrogens with zero attached hydrogens (tertiary/aromatic N) is 2. The molecule has 0 aliphatic rings. The Bertz CT molecular complexity index is 736. The molecule has 7 nitrogen and oxygen atoms in total. The van der Waals surface area contributed by atoms with E-state index in [9.17, 15) is 8.42 Å². The Morgan fingerprint density at radius 3 is 2.60 bits per heavy atom. The van der Waals surface area contributed by atoms with E-state index in [2.05, 4.69) is 19.9 Å². The lowest BCUT2D eigenvalue weighted by molar-refractivity contribution is 0.599. The molecule has 0 unspecified atom stereocenters. The molecule has 8 heteroatoms. The number of aryl methyl sites for hydroxylation is 3. The summed E-state index contributed by atoms with van der Waals surface area (Å²) in [5, 5.41) is 6.53. The van der Waals surface area contributed by atoms with Gasteiger partial charge in [0.25, 0.3) is 10.0 Å². The van der Waals surface area contributed by atoms with Crippen LogP contribution in [0, 0.1) is 20.8 Å². The number of hydrogen-bond acceptors (Lipinski definition) is 5. The van der Waals surface area contributed by atoms with Crippen molar-refractivity contribution in [3.8, 4) is 0 Å². The number of H-pyrrole nitrogens is 1. The first kappa shape index (κ1) is 14.5. The Morgan fingerprint density at radius 2 is 2.00 bits per heavy atom. The van der Waals surface area contributed by atoms with Crippen LogP contribution >= 0.6 is 0 Å². The van der Waals surface area contributed by atoms with Crippen LogP contribution in [0.3, 0.4) is 0 Å². The Hall–Kier alpha value is -1.93. The first-order valence-electron chi connectivity index (χ1n) is 6.06. The summed E-state index contributed by atoms with van der Waals surface area (Å²) in [5.41, 5.74) is 8.17. The van der Waals surface area contributed by atoms with Gasteiger partial charge in [0.2, 0.25) is 0 Å². The third-order valence-corrected chi connectivity index (χ3v) is 4.46. The molecule has 0 saturated heterocycles. The number of rotatable bonds is 4. The van der Waals surface area contributed by atoms with Crippen molar-refractivity contribution >= 4 is 15.7 Å². The lowest BCUT2D eigenvalue weighted by atomic mass is 10.3. The monoisotopic (exact) mass is 295 g/mol. The fourth-order valence-corrected chi connectivity index (χ4v) is 3.45. The maximum absolute atomic E-state index is 12.4. The number of anilines is 1. The molecular weight excluding hydrogens is 278 g/mol. The van der Waals surface area contributed by atoms with E-state index in [1.807, 2.05) is 6.92 Å². The first-order valence-corrected chi connectivity index (χ1v) is 7.54. The summed E-state index contributed by atoms with van der Waals surface area (Å²) >= 11 is 0. The van der Waals surface area contributed by atoms with Crippen LogP contribution in [-0.4, -0.2) is 23.6 Å². The third-order valence-electron chi connectivity index (χ3n) is 2.89. The standard InChI is InChI=1S/C12H17N5O2S/c1-7-4-5-10(8(2)14-7)17-20(18,19)12-9(3)15-16-11(12)6-13/h4-5,17H,6,13H2,1-3H3,(H,15,16). The third kappa shape index (κ3) is 2.66. The van der Waals surface area contributed by atoms with Gasteiger partial charge in [-0.05, 0) is 32.9 Å². The van der Waals surface area contributed by atoms with E-state index in [0.717, 1.165) is 5.69 Å². The zero-order valence-corrected chi connectivity index (χ0v) is 12.4. The van der Waals surface area contributed by atoms with Gasteiger partial charge in [0.15, 0.2) is 0 Å². The minimum Gasteiger partial charge on any atom is -0.325 e. The van der Waals surface area contributed by atoms with Crippen LogP contribution in [0.15, 0.2) is 17.0 Å². The number of pyridine rings is 1. The van der Waals surface area contributed by atoms with Crippen LogP contribution < -0.4 is 10.5 Å². The van der Waals surface area contributed by atoms with E-state index < -0.39 is 10.0 Å². The summed E-state index contributed by atoms with van der Waals surface area (Å²) in [7, 11) is -3.74. The molecular formula is C12H17N5O2S. The molecule has 0 fully saturated rings. The van der Waals surface area contributed by atoms with Crippen molar-refractivity contribution in [1.82, 2.24) is 15.2 Å². The smallest absolute Gasteiger partial charge is 0.265 e. The van der Waals surface area contributed by atoms with Crippen molar-refractivity contribution in [3.05, 3.63) is 34.9 Å². The molecule has 0 aliphatic heterocycles. The maximum Gasteiger partial charge on any atom is 0.265 e. The molecule has 4 N–H and O–H groups in total. The van der Waals surface area contributed by atoms with Crippen molar-refractivity contribution in [2.75, 3.05) is 4.72 Å². The van der Waals surface area contributed by atoms with E-state index >= 15 is 0 Å². The lowest BCUT2D eigenvalue weighted by Gasteiger charge is -2.11. The largest absolute Gasteiger partial charge is 0.325 e. The van der Waals surface area contributed by atoms with Gasteiger partial charge >= 0.3 is 0 Å². The molecule has 20 heavy (non-hydrogen) atoms. The van der Waals surface area contributed by atoms with Crippen LogP contribution in [0.1, 0.15) is 22.8 Å². The van der Waals surface area contributed by atoms with E-state index in [1.54, 1.807) is 26.0 Å². The molecule has 108 valence electrons. The summed E-state index contributed by atoms with van der Waals surface area (Å²) in [6, 6.07) is 3.43. The average molecular weight is 295 g/mol. The van der Waals surface area contributed by atoms with Crippen LogP contribution in [0.5, 0.6) is 0 Å². The molecule has 0 aliphatic carbocycles. The van der Waals surface area contributed by atoms with Crippen LogP contribution in [0.2, 0.25) is 0 Å². The molecule has 2 aromatic heterocycles. The predicted octanol–water partition coefficient (Wildman–Crippen LogP) is 0.989. The summed E-state index contributed by atoms with van der Waals surface area (Å²) in [5.74, 6) is 0. The highest BCUT2D eigenvalue weighted by molar-refractivity contribution is 7.92. The van der Waals surface area contributed by atoms with Crippen molar-refractivity contribution in [2.45, 2.75) is 32.2 Å². The fourth-order valence-electron chi connectivity index (χ4n) is 1.95. The van der Waals surface area contributed by atoms with Crippen molar-refractivity contribution < 1.29 is 8.42 Å². The van der Waals surface area contributed by atoms with Gasteiger partial charge < -0.3 is 5.73 Å². The van der Waals surface area contributed by atoms with E-state index in [-0.39, 0.29) is 11.4 Å². The summed E-state index contributed by atoms with van der Waals surface area (Å²) < 4.78 is 27.4. The first-order chi connectivity index (χ1) is 9.35. The topological polar surface area (TPSA) is 114 Å². The van der Waals surface area contributed by atoms with Crippen LogP contribution in [-0.2, 0) is 16.6 Å². The zero-order valence-electron chi connectivity index (χ0n) is 11.6. The van der Waals surface area contributed by atoms with Crippen LogP contribution in [0.4, 0.5) is 5.69 Å². The van der Waals surface area contributed by atoms with Gasteiger partial charge in [-0.15, -0.1) is 0 Å². The Labute approximate surface area is 117 Å². The molecule has 2 heterocycles. The highest BCUT2D eigenvalue weighted by atomic mass is 32.2. The number of sulfonamides is 1. The van der Waals surface area contributed by atoms with Crippen molar-refractivity contribution in [2.24, 2.45) is 5.73 Å². The highest BCUT2D eigenvalue weighted by Gasteiger charge is 2.24. The number of hydrogen-bond donors (Lipinski definition) is 3. The molecule has 2 rings (SSSR count). The minimum atomic E-state index is -3.74. The summed E-state index contributed by atoms with van der Waals surface area (Å²) in [4.78, 5) is 4.33. The Kier molecular flexibility index (Phi) is 3.78. The molecule has 0 saturated carbocycles. The molecule has 0 aromatic carbocycles. The molecule has 0 spiro atoms. The van der Waals surface area contributed by atoms with Gasteiger partial charge in [-0.3, -0.25) is 14.8 Å². The summed E-state index contributed by atoms with van der Waals surface area (Å²) in [6.07, 6.45) is 0. The van der Waals surface area contributed by atoms with Gasteiger partial charge in [0, 0.05) is 12.2 Å². The Balaban J connectivity index is 2.43. The van der Waals surface area contributed by atoms with E-state index in [1.165, 1.54) is 0 Å². The molecule has 0 bridgehead atoms. The van der Waals surface area contributed by atoms with Crippen LogP contribution in [0.25, 0.3) is 0 Å². The molecule has 0 amide bonds. The second kappa shape index (κ2) is 5.22. The lowest BCUT2D eigenvalue weighted by Crippen LogP contribution is -2.17. The quantitative estimate of drug-likeness (QED) is 0.778. The highest BCUT2D eigenvalue weighted by Crippen LogP contribution is 2.22. The van der Waals surface area contributed by atoms with Gasteiger partial charge in [-0.1, -0.05) is 0 Å². The van der Waals surface area contributed by atoms with Gasteiger partial charge in [-0.2, -0.15) is 5.10 Å². The van der Waals surface area contributed by atoms with Crippen molar-refractivity contribution in [3.63, 3.8) is 0 Å². The predicted molar refractivity (Wildman–Crippen MR) is 75.7 cm³/mol. The van der Waals surface area contributed by atoms with Gasteiger partial charge in [0.05, 0.1) is 22.8 Å². The zero-order chi connectivity index (χ0) is 14.9. The normalized spacial score (nSPS) is 11.6. The molecule has 0 atom stereocenters. The van der Waals surface area contributed by atoms with Gasteiger partial charge in [-0.25, -0.2) is 8.42 Å². The second-order valence-electron chi connectivity index (χ2n) is 4.52. The van der Waals surface area contributed by atoms with Crippen molar-refractivity contribution in [1.29, 1.82) is 0 Å². The molecule has 2 aromatic rings. The Morgan fingerprint density at radius 1 is 1.30 bits per heavy atom. The number of aromatic nitrogens is 3.